The minimum absolute atomic E-state index is 0.232. The highest BCUT2D eigenvalue weighted by atomic mass is 16.5. The van der Waals surface area contributed by atoms with Crippen LogP contribution in [0.5, 0.6) is 11.5 Å². The summed E-state index contributed by atoms with van der Waals surface area (Å²) in [5, 5.41) is 2.75. The van der Waals surface area contributed by atoms with Gasteiger partial charge in [-0.1, -0.05) is 48.6 Å². The van der Waals surface area contributed by atoms with Gasteiger partial charge in [0.25, 0.3) is 5.91 Å². The van der Waals surface area contributed by atoms with Crippen molar-refractivity contribution in [3.8, 4) is 11.5 Å². The van der Waals surface area contributed by atoms with Crippen LogP contribution < -0.4 is 14.8 Å². The number of esters is 1. The first-order chi connectivity index (χ1) is 14.6. The fraction of sp³-hybridized carbons (Fsp3) is 0.333. The van der Waals surface area contributed by atoms with Gasteiger partial charge in [0.15, 0.2) is 18.1 Å². The van der Waals surface area contributed by atoms with E-state index in [1.165, 1.54) is 0 Å². The number of rotatable bonds is 10. The Bertz CT molecular complexity index is 878. The highest BCUT2D eigenvalue weighted by Gasteiger charge is 2.16. The molecule has 0 aromatic heterocycles. The molecule has 0 fully saturated rings. The molecular formula is C24H27NO5. The molecule has 0 saturated heterocycles. The Kier molecular flexibility index (Phi) is 7.89. The molecule has 1 atom stereocenters. The largest absolute Gasteiger partial charge is 0.493 e. The zero-order valence-electron chi connectivity index (χ0n) is 17.1. The molecule has 0 unspecified atom stereocenters. The van der Waals surface area contributed by atoms with Crippen LogP contribution in [-0.4, -0.2) is 25.6 Å². The zero-order chi connectivity index (χ0) is 21.2. The number of carbonyl (C=O) groups excluding carboxylic acids is 2. The number of hydrogen-bond acceptors (Lipinski definition) is 5. The lowest BCUT2D eigenvalue weighted by atomic mass is 10.1. The van der Waals surface area contributed by atoms with Gasteiger partial charge in [-0.2, -0.15) is 0 Å². The lowest BCUT2D eigenvalue weighted by Gasteiger charge is -2.13. The van der Waals surface area contributed by atoms with Crippen LogP contribution in [0.3, 0.4) is 0 Å². The molecular weight excluding hydrogens is 382 g/mol. The Morgan fingerprint density at radius 2 is 1.90 bits per heavy atom. The Labute approximate surface area is 176 Å². The lowest BCUT2D eigenvalue weighted by molar-refractivity contribution is -0.149. The van der Waals surface area contributed by atoms with Gasteiger partial charge >= 0.3 is 5.97 Å². The summed E-state index contributed by atoms with van der Waals surface area (Å²) in [4.78, 5) is 23.8. The molecule has 0 bridgehead atoms. The monoisotopic (exact) mass is 409 g/mol. The average Bonchev–Trinajstić information content (AvgIpc) is 3.28. The Morgan fingerprint density at radius 1 is 1.07 bits per heavy atom. The molecule has 158 valence electrons. The van der Waals surface area contributed by atoms with Gasteiger partial charge in [-0.05, 0) is 42.0 Å². The highest BCUT2D eigenvalue weighted by Crippen LogP contribution is 2.29. The van der Waals surface area contributed by atoms with Crippen LogP contribution in [0.15, 0.2) is 60.7 Å². The van der Waals surface area contributed by atoms with Gasteiger partial charge in [-0.3, -0.25) is 9.59 Å². The maximum Gasteiger partial charge on any atom is 0.306 e. The minimum atomic E-state index is -0.344. The normalized spacial score (nSPS) is 14.9. The average molecular weight is 409 g/mol. The molecule has 1 aliphatic carbocycles. The quantitative estimate of drug-likeness (QED) is 0.477. The molecule has 1 N–H and O–H groups in total. The van der Waals surface area contributed by atoms with Gasteiger partial charge in [0.1, 0.15) is 6.61 Å². The van der Waals surface area contributed by atoms with E-state index < -0.39 is 0 Å². The molecule has 1 amide bonds. The van der Waals surface area contributed by atoms with Crippen molar-refractivity contribution in [2.45, 2.75) is 32.4 Å². The maximum atomic E-state index is 12.0. The first kappa shape index (κ1) is 21.4. The molecule has 0 aliphatic heterocycles. The molecule has 2 aromatic carbocycles. The molecule has 0 radical (unpaired) electrons. The predicted octanol–water partition coefficient (Wildman–Crippen LogP) is 3.79. The zero-order valence-corrected chi connectivity index (χ0v) is 17.1. The first-order valence-corrected chi connectivity index (χ1v) is 10.1. The number of nitrogens with one attached hydrogen (secondary N) is 1. The van der Waals surface area contributed by atoms with Crippen LogP contribution in [-0.2, 0) is 27.5 Å². The number of amides is 1. The smallest absolute Gasteiger partial charge is 0.306 e. The lowest BCUT2D eigenvalue weighted by Crippen LogP contribution is -2.28. The number of methoxy groups -OCH3 is 1. The van der Waals surface area contributed by atoms with Gasteiger partial charge in [0.2, 0.25) is 0 Å². The third-order valence-corrected chi connectivity index (χ3v) is 4.86. The summed E-state index contributed by atoms with van der Waals surface area (Å²) in [5.41, 5.74) is 1.92. The number of ether oxygens (including phenoxy) is 3. The molecule has 0 heterocycles. The second kappa shape index (κ2) is 11.0. The van der Waals surface area contributed by atoms with E-state index in [-0.39, 0.29) is 24.4 Å². The topological polar surface area (TPSA) is 73.9 Å². The van der Waals surface area contributed by atoms with Crippen molar-refractivity contribution in [2.24, 2.45) is 5.92 Å². The van der Waals surface area contributed by atoms with E-state index in [9.17, 15) is 9.59 Å². The summed E-state index contributed by atoms with van der Waals surface area (Å²) in [6.07, 6.45) is 6.39. The summed E-state index contributed by atoms with van der Waals surface area (Å²) in [5.74, 6) is 0.771. The van der Waals surface area contributed by atoms with Gasteiger partial charge in [-0.15, -0.1) is 0 Å². The molecule has 2 aromatic rings. The molecule has 0 spiro atoms. The van der Waals surface area contributed by atoms with Crippen LogP contribution in [0, 0.1) is 5.92 Å². The Hall–Kier alpha value is -3.28. The summed E-state index contributed by atoms with van der Waals surface area (Å²) < 4.78 is 16.3. The van der Waals surface area contributed by atoms with E-state index in [0.29, 0.717) is 31.1 Å². The van der Waals surface area contributed by atoms with Crippen molar-refractivity contribution in [3.63, 3.8) is 0 Å². The van der Waals surface area contributed by atoms with Crippen LogP contribution in [0.2, 0.25) is 0 Å². The molecule has 0 saturated carbocycles. The summed E-state index contributed by atoms with van der Waals surface area (Å²) in [6, 6.07) is 15.4. The summed E-state index contributed by atoms with van der Waals surface area (Å²) in [7, 11) is 1.58. The second-order valence-electron chi connectivity index (χ2n) is 7.17. The Balaban J connectivity index is 1.43. The van der Waals surface area contributed by atoms with Crippen molar-refractivity contribution < 1.29 is 23.8 Å². The molecule has 6 nitrogen and oxygen atoms in total. The van der Waals surface area contributed by atoms with Crippen molar-refractivity contribution in [2.75, 3.05) is 13.7 Å². The Morgan fingerprint density at radius 3 is 2.63 bits per heavy atom. The van der Waals surface area contributed by atoms with Gasteiger partial charge < -0.3 is 19.5 Å². The van der Waals surface area contributed by atoms with Gasteiger partial charge in [0.05, 0.1) is 13.5 Å². The van der Waals surface area contributed by atoms with Gasteiger partial charge in [-0.25, -0.2) is 0 Å². The van der Waals surface area contributed by atoms with E-state index in [1.54, 1.807) is 7.11 Å². The molecule has 6 heteroatoms. The second-order valence-corrected chi connectivity index (χ2v) is 7.17. The van der Waals surface area contributed by atoms with E-state index in [0.717, 1.165) is 24.0 Å². The molecule has 3 rings (SSSR count). The van der Waals surface area contributed by atoms with Crippen LogP contribution in [0.4, 0.5) is 0 Å². The number of hydrogen-bond donors (Lipinski definition) is 1. The third kappa shape index (κ3) is 6.65. The van der Waals surface area contributed by atoms with E-state index in [2.05, 4.69) is 11.4 Å². The van der Waals surface area contributed by atoms with Crippen molar-refractivity contribution >= 4 is 11.9 Å². The molecule has 30 heavy (non-hydrogen) atoms. The summed E-state index contributed by atoms with van der Waals surface area (Å²) in [6.45, 7) is 0.469. The highest BCUT2D eigenvalue weighted by molar-refractivity contribution is 5.80. The maximum absolute atomic E-state index is 12.0. The number of carbonyl (C=O) groups is 2. The third-order valence-electron chi connectivity index (χ3n) is 4.86. The summed E-state index contributed by atoms with van der Waals surface area (Å²) >= 11 is 0. The predicted molar refractivity (Wildman–Crippen MR) is 113 cm³/mol. The first-order valence-electron chi connectivity index (χ1n) is 10.1. The fourth-order valence-electron chi connectivity index (χ4n) is 3.21. The van der Waals surface area contributed by atoms with E-state index in [1.807, 2.05) is 54.6 Å². The molecule has 1 aliphatic rings. The standard InChI is InChI=1S/C24H27NO5/c1-28-22-13-20(11-12-21(22)29-16-19-9-3-2-4-10-19)15-25-23(26)17-30-24(27)14-18-7-5-6-8-18/h2-5,7,9-13,18H,6,8,14-17H2,1H3,(H,25,26)/t18-/m1/s1. The van der Waals surface area contributed by atoms with Crippen molar-refractivity contribution in [1.82, 2.24) is 5.32 Å². The van der Waals surface area contributed by atoms with Crippen LogP contribution in [0.1, 0.15) is 30.4 Å². The van der Waals surface area contributed by atoms with Gasteiger partial charge in [0, 0.05) is 6.54 Å². The fourth-order valence-corrected chi connectivity index (χ4v) is 3.21. The van der Waals surface area contributed by atoms with Crippen molar-refractivity contribution in [3.05, 3.63) is 71.8 Å². The number of benzene rings is 2. The minimum Gasteiger partial charge on any atom is -0.493 e. The van der Waals surface area contributed by atoms with Crippen molar-refractivity contribution in [1.29, 1.82) is 0 Å². The van der Waals surface area contributed by atoms with E-state index in [4.69, 9.17) is 14.2 Å². The van der Waals surface area contributed by atoms with Crippen LogP contribution >= 0.6 is 0 Å². The van der Waals surface area contributed by atoms with Crippen LogP contribution in [0.25, 0.3) is 0 Å². The number of allylic oxidation sites excluding steroid dienone is 2. The SMILES string of the molecule is COc1cc(CNC(=O)COC(=O)C[C@@H]2C=CCC2)ccc1OCc1ccccc1. The van der Waals surface area contributed by atoms with E-state index >= 15 is 0 Å².